The summed E-state index contributed by atoms with van der Waals surface area (Å²) in [5.74, 6) is -7.09. The Bertz CT molecular complexity index is 2720. The summed E-state index contributed by atoms with van der Waals surface area (Å²) in [4.78, 5) is 101. The van der Waals surface area contributed by atoms with Crippen LogP contribution in [0.3, 0.4) is 0 Å². The number of phenolic OH excluding ortho intramolecular Hbond substituents is 2. The van der Waals surface area contributed by atoms with Gasteiger partial charge in [-0.25, -0.2) is 23.1 Å². The second kappa shape index (κ2) is 31.4. The first-order valence-electron chi connectivity index (χ1n) is 24.4. The lowest BCUT2D eigenvalue weighted by Crippen LogP contribution is -2.51. The van der Waals surface area contributed by atoms with Crippen LogP contribution >= 0.6 is 11.3 Å². The number of aromatic hydroxyl groups is 2. The number of hydrogen-bond donors (Lipinski definition) is 12. The van der Waals surface area contributed by atoms with Crippen molar-refractivity contribution in [3.05, 3.63) is 71.5 Å². The Morgan fingerprint density at radius 2 is 1.27 bits per heavy atom. The first kappa shape index (κ1) is 62.7. The summed E-state index contributed by atoms with van der Waals surface area (Å²) in [6, 6.07) is 7.31. The Morgan fingerprint density at radius 3 is 1.81 bits per heavy atom. The van der Waals surface area contributed by atoms with Gasteiger partial charge in [0.05, 0.1) is 45.0 Å². The summed E-state index contributed by atoms with van der Waals surface area (Å²) < 4.78 is 34.8. The Hall–Kier alpha value is -7.81. The van der Waals surface area contributed by atoms with Crippen LogP contribution in [0.1, 0.15) is 81.5 Å². The van der Waals surface area contributed by atoms with Crippen molar-refractivity contribution in [2.45, 2.75) is 106 Å². The average molecular weight is 1130 g/mol. The standard InChI is InChI=1S/C46H64BN13O16S2/c1-46(28-8-12-31(61)13-9-28,29-10-14-32(62)15-11-29)17-16-37(64)52-34(41(68)69)25-39(66)53-35(42(70)71)26-38(65)51-33(40(67)49-18-21-75-23-24-76-22-19-50-43(72)55-47)6-2-3-20-60-27-30(56-59-60)5-4-7-36(63)54-44-57-58-45(77-44)78(48,73)74/h8-15,27,33-35,61-62H,2-7,16-26,47H2,1H3,(H,49,67)(H,51,65)(H,52,64)(H,53,66)(H,68,69)(H,70,71)(H2,48,73,74)(H2,50,55,72)(H,54,57,63)/t33-,34-,35-/m0/s1. The van der Waals surface area contributed by atoms with E-state index < -0.39 is 92.2 Å². The van der Waals surface area contributed by atoms with E-state index in [1.54, 1.807) is 35.1 Å². The first-order chi connectivity index (χ1) is 37.1. The molecule has 424 valence electrons. The number of carboxylic acid groups (broad SMARTS) is 2. The molecule has 4 rings (SSSR count). The number of urea groups is 1. The van der Waals surface area contributed by atoms with Gasteiger partial charge in [0.2, 0.25) is 47.0 Å². The van der Waals surface area contributed by atoms with Gasteiger partial charge in [0.25, 0.3) is 10.0 Å². The number of amides is 7. The third kappa shape index (κ3) is 22.0. The number of primary sulfonamides is 1. The van der Waals surface area contributed by atoms with Crippen molar-refractivity contribution in [3.8, 4) is 11.5 Å². The normalized spacial score (nSPS) is 12.5. The molecule has 0 fully saturated rings. The first-order valence-corrected chi connectivity index (χ1v) is 26.8. The zero-order valence-corrected chi connectivity index (χ0v) is 44.4. The van der Waals surface area contributed by atoms with Crippen LogP contribution in [0.4, 0.5) is 9.93 Å². The molecule has 0 spiro atoms. The number of unbranched alkanes of at least 4 members (excludes halogenated alkanes) is 1. The number of carbonyl (C=O) groups excluding carboxylic acids is 6. The van der Waals surface area contributed by atoms with Crippen molar-refractivity contribution < 1.29 is 76.7 Å². The number of aliphatic carboxylic acids is 2. The molecule has 0 radical (unpaired) electrons. The summed E-state index contributed by atoms with van der Waals surface area (Å²) in [6.45, 7) is 3.10. The Kier molecular flexibility index (Phi) is 25.3. The SMILES string of the molecule is BNC(=O)NCCOCCOCCNC(=O)[C@H](CCCCn1cc(CCCC(=O)Nc2nnc(S(N)(=O)=O)s2)nn1)NC(=O)C[C@H](NC(=O)C[C@H](NC(=O)CCC(C)(c1ccc(O)cc1)c1ccc(O)cc1)C(=O)O)C(=O)O. The third-order valence-electron chi connectivity index (χ3n) is 11.7. The minimum Gasteiger partial charge on any atom is -0.508 e. The van der Waals surface area contributed by atoms with Crippen molar-refractivity contribution in [2.75, 3.05) is 44.8 Å². The van der Waals surface area contributed by atoms with Gasteiger partial charge in [0.1, 0.15) is 29.6 Å². The molecule has 0 saturated heterocycles. The molecule has 0 aliphatic rings. The average Bonchev–Trinajstić information content (AvgIpc) is 4.08. The van der Waals surface area contributed by atoms with Gasteiger partial charge in [-0.3, -0.25) is 33.4 Å². The number of rotatable bonds is 35. The predicted molar refractivity (Wildman–Crippen MR) is 279 cm³/mol. The molecule has 0 saturated carbocycles. The number of carboxylic acids is 2. The molecule has 0 bridgehead atoms. The van der Waals surface area contributed by atoms with Crippen molar-refractivity contribution in [1.29, 1.82) is 0 Å². The molecule has 4 aromatic rings. The van der Waals surface area contributed by atoms with Crippen molar-refractivity contribution in [3.63, 3.8) is 0 Å². The van der Waals surface area contributed by atoms with Crippen LogP contribution in [0.2, 0.25) is 0 Å². The quantitative estimate of drug-likeness (QED) is 0.0142. The number of nitrogens with zero attached hydrogens (tertiary/aromatic N) is 5. The van der Waals surface area contributed by atoms with Gasteiger partial charge >= 0.3 is 18.0 Å². The van der Waals surface area contributed by atoms with Crippen LogP contribution in [-0.2, 0) is 71.4 Å². The molecule has 2 aromatic heterocycles. The molecule has 29 nitrogen and oxygen atoms in total. The molecule has 3 atom stereocenters. The van der Waals surface area contributed by atoms with Crippen LogP contribution in [0.15, 0.2) is 59.1 Å². The van der Waals surface area contributed by atoms with E-state index >= 15 is 0 Å². The van der Waals surface area contributed by atoms with E-state index in [0.29, 0.717) is 60.4 Å². The maximum Gasteiger partial charge on any atom is 0.326 e. The van der Waals surface area contributed by atoms with Gasteiger partial charge in [-0.05, 0) is 73.9 Å². The van der Waals surface area contributed by atoms with Crippen molar-refractivity contribution >= 4 is 82.0 Å². The molecular formula is C46H64BN13O16S2. The maximum atomic E-state index is 13.4. The molecule has 0 unspecified atom stereocenters. The highest BCUT2D eigenvalue weighted by Gasteiger charge is 2.33. The van der Waals surface area contributed by atoms with E-state index in [9.17, 15) is 67.2 Å². The maximum absolute atomic E-state index is 13.4. The lowest BCUT2D eigenvalue weighted by molar-refractivity contribution is -0.145. The molecular weight excluding hydrogens is 1070 g/mol. The number of nitrogens with one attached hydrogen (secondary N) is 7. The summed E-state index contributed by atoms with van der Waals surface area (Å²) in [5, 5.41) is 77.0. The molecule has 78 heavy (non-hydrogen) atoms. The zero-order valence-electron chi connectivity index (χ0n) is 42.8. The van der Waals surface area contributed by atoms with Gasteiger partial charge in [-0.15, -0.1) is 15.3 Å². The third-order valence-corrected chi connectivity index (χ3v) is 13.8. The molecule has 2 heterocycles. The highest BCUT2D eigenvalue weighted by molar-refractivity contribution is 7.91. The zero-order chi connectivity index (χ0) is 57.3. The molecule has 2 aromatic carbocycles. The van der Waals surface area contributed by atoms with Gasteiger partial charge < -0.3 is 67.0 Å². The lowest BCUT2D eigenvalue weighted by atomic mass is 9.73. The lowest BCUT2D eigenvalue weighted by Gasteiger charge is -2.31. The number of sulfonamides is 1. The summed E-state index contributed by atoms with van der Waals surface area (Å²) in [5.41, 5.74) is 1.11. The minimum atomic E-state index is -4.06. The number of ether oxygens (including phenoxy) is 2. The number of phenols is 2. The largest absolute Gasteiger partial charge is 0.508 e. The van der Waals surface area contributed by atoms with Crippen molar-refractivity contribution in [2.24, 2.45) is 5.14 Å². The molecule has 32 heteroatoms. The monoisotopic (exact) mass is 1130 g/mol. The summed E-state index contributed by atoms with van der Waals surface area (Å²) in [7, 11) is -2.59. The number of aromatic nitrogens is 5. The number of benzene rings is 2. The van der Waals surface area contributed by atoms with E-state index in [4.69, 9.17) is 14.6 Å². The Morgan fingerprint density at radius 1 is 0.718 bits per heavy atom. The number of anilines is 1. The van der Waals surface area contributed by atoms with Gasteiger partial charge in [0, 0.05) is 44.1 Å². The molecule has 0 aliphatic carbocycles. The second-order valence-corrected chi connectivity index (χ2v) is 20.4. The topological polar surface area (TPSA) is 437 Å². The minimum absolute atomic E-state index is 0.00953. The molecule has 13 N–H and O–H groups in total. The van der Waals surface area contributed by atoms with Crippen molar-refractivity contribution in [1.82, 2.24) is 57.0 Å². The second-order valence-electron chi connectivity index (χ2n) is 17.7. The Labute approximate surface area is 452 Å². The number of hydrogen-bond acceptors (Lipinski definition) is 19. The van der Waals surface area contributed by atoms with Crippen LogP contribution in [0.5, 0.6) is 11.5 Å². The number of aryl methyl sites for hydroxylation is 2. The van der Waals surface area contributed by atoms with E-state index in [2.05, 4.69) is 57.6 Å². The van der Waals surface area contributed by atoms with Gasteiger partial charge in [-0.2, -0.15) is 0 Å². The van der Waals surface area contributed by atoms with Crippen LogP contribution < -0.4 is 42.3 Å². The summed E-state index contributed by atoms with van der Waals surface area (Å²) in [6.07, 6.45) is 1.39. The van der Waals surface area contributed by atoms with E-state index in [-0.39, 0.29) is 87.9 Å². The fourth-order valence-corrected chi connectivity index (χ4v) is 8.83. The smallest absolute Gasteiger partial charge is 0.326 e. The fourth-order valence-electron chi connectivity index (χ4n) is 7.48. The van der Waals surface area contributed by atoms with Crippen LogP contribution in [0, 0.1) is 0 Å². The number of carbonyl (C=O) groups is 8. The highest BCUT2D eigenvalue weighted by Crippen LogP contribution is 2.38. The van der Waals surface area contributed by atoms with E-state index in [1.807, 2.05) is 6.92 Å². The van der Waals surface area contributed by atoms with Gasteiger partial charge in [-0.1, -0.05) is 47.7 Å². The van der Waals surface area contributed by atoms with Crippen LogP contribution in [0.25, 0.3) is 0 Å². The van der Waals surface area contributed by atoms with Crippen LogP contribution in [-0.4, -0.2) is 167 Å². The van der Waals surface area contributed by atoms with E-state index in [1.165, 1.54) is 32.2 Å². The number of nitrogens with two attached hydrogens (primary N) is 1. The summed E-state index contributed by atoms with van der Waals surface area (Å²) >= 11 is 0.613. The van der Waals surface area contributed by atoms with E-state index in [0.717, 1.165) is 0 Å². The highest BCUT2D eigenvalue weighted by atomic mass is 32.2. The fraction of sp³-hybridized carbons (Fsp3) is 0.478. The Balaban J connectivity index is 1.30. The van der Waals surface area contributed by atoms with Gasteiger partial charge in [0.15, 0.2) is 0 Å². The molecule has 0 aliphatic heterocycles. The predicted octanol–water partition coefficient (Wildman–Crippen LogP) is -1.49. The molecule has 7 amide bonds.